The summed E-state index contributed by atoms with van der Waals surface area (Å²) in [5.41, 5.74) is -0.279. The Kier molecular flexibility index (Phi) is 6.47. The van der Waals surface area contributed by atoms with Gasteiger partial charge in [0.1, 0.15) is 5.56 Å². The molecule has 0 amide bonds. The van der Waals surface area contributed by atoms with Crippen molar-refractivity contribution in [1.82, 2.24) is 9.97 Å². The van der Waals surface area contributed by atoms with Crippen molar-refractivity contribution >= 4 is 23.2 Å². The SMILES string of the molecule is CCCCCOc1nc(N(C)c2ccc(Cl)cc2)ncc1C(F)(F)F. The smallest absolute Gasteiger partial charge is 0.423 e. The van der Waals surface area contributed by atoms with Crippen molar-refractivity contribution in [2.24, 2.45) is 0 Å². The number of hydrogen-bond donors (Lipinski definition) is 0. The molecule has 0 unspecified atom stereocenters. The van der Waals surface area contributed by atoms with Crippen molar-refractivity contribution in [1.29, 1.82) is 0 Å². The zero-order chi connectivity index (χ0) is 18.4. The van der Waals surface area contributed by atoms with Gasteiger partial charge in [0.15, 0.2) is 0 Å². The quantitative estimate of drug-likeness (QED) is 0.602. The molecule has 0 bridgehead atoms. The number of nitrogens with zero attached hydrogens (tertiary/aromatic N) is 3. The number of hydrogen-bond acceptors (Lipinski definition) is 4. The average Bonchev–Trinajstić information content (AvgIpc) is 2.58. The third kappa shape index (κ3) is 5.22. The maximum atomic E-state index is 13.1. The first-order chi connectivity index (χ1) is 11.8. The molecule has 8 heteroatoms. The van der Waals surface area contributed by atoms with Crippen molar-refractivity contribution in [3.63, 3.8) is 0 Å². The van der Waals surface area contributed by atoms with E-state index in [1.54, 1.807) is 36.2 Å². The molecule has 1 heterocycles. The van der Waals surface area contributed by atoms with E-state index >= 15 is 0 Å². The van der Waals surface area contributed by atoms with Crippen LogP contribution in [0.4, 0.5) is 24.8 Å². The minimum Gasteiger partial charge on any atom is -0.477 e. The summed E-state index contributed by atoms with van der Waals surface area (Å²) in [6, 6.07) is 6.82. The maximum absolute atomic E-state index is 13.1. The van der Waals surface area contributed by atoms with Gasteiger partial charge in [-0.05, 0) is 30.7 Å². The summed E-state index contributed by atoms with van der Waals surface area (Å²) in [5, 5.41) is 0.561. The molecule has 0 spiro atoms. The molecule has 2 aromatic rings. The molecule has 0 atom stereocenters. The number of halogens is 4. The first kappa shape index (κ1) is 19.3. The average molecular weight is 374 g/mol. The van der Waals surface area contributed by atoms with Gasteiger partial charge in [0.25, 0.3) is 0 Å². The number of unbranched alkanes of at least 4 members (excludes halogenated alkanes) is 2. The van der Waals surface area contributed by atoms with Crippen LogP contribution in [0.15, 0.2) is 30.5 Å². The second kappa shape index (κ2) is 8.38. The van der Waals surface area contributed by atoms with Crippen LogP contribution < -0.4 is 9.64 Å². The zero-order valence-electron chi connectivity index (χ0n) is 14.0. The van der Waals surface area contributed by atoms with Crippen molar-refractivity contribution in [2.75, 3.05) is 18.6 Å². The molecule has 1 aromatic carbocycles. The van der Waals surface area contributed by atoms with Gasteiger partial charge in [0.2, 0.25) is 11.8 Å². The lowest BCUT2D eigenvalue weighted by molar-refractivity contribution is -0.139. The van der Waals surface area contributed by atoms with E-state index in [0.717, 1.165) is 19.0 Å². The molecule has 0 aliphatic heterocycles. The Bertz CT molecular complexity index is 693. The lowest BCUT2D eigenvalue weighted by atomic mass is 10.2. The van der Waals surface area contributed by atoms with Crippen LogP contribution in [0.5, 0.6) is 5.88 Å². The fourth-order valence-corrected chi connectivity index (χ4v) is 2.25. The highest BCUT2D eigenvalue weighted by atomic mass is 35.5. The fourth-order valence-electron chi connectivity index (χ4n) is 2.12. The van der Waals surface area contributed by atoms with Crippen molar-refractivity contribution < 1.29 is 17.9 Å². The Hall–Kier alpha value is -2.02. The van der Waals surface area contributed by atoms with Crippen LogP contribution >= 0.6 is 11.6 Å². The molecule has 0 aliphatic rings. The third-order valence-electron chi connectivity index (χ3n) is 3.55. The first-order valence-corrected chi connectivity index (χ1v) is 8.27. The predicted octanol–water partition coefficient (Wildman–Crippen LogP) is 5.49. The van der Waals surface area contributed by atoms with Gasteiger partial charge in [-0.1, -0.05) is 31.4 Å². The molecular weight excluding hydrogens is 355 g/mol. The standard InChI is InChI=1S/C17H19ClF3N3O/c1-3-4-5-10-25-15-14(17(19,20)21)11-22-16(23-15)24(2)13-8-6-12(18)7-9-13/h6-9,11H,3-5,10H2,1-2H3. The number of benzene rings is 1. The van der Waals surface area contributed by atoms with Crippen molar-refractivity contribution in [2.45, 2.75) is 32.4 Å². The Labute approximate surface area is 149 Å². The summed E-state index contributed by atoms with van der Waals surface area (Å²) < 4.78 is 44.7. The summed E-state index contributed by atoms with van der Waals surface area (Å²) in [6.45, 7) is 2.18. The normalized spacial score (nSPS) is 11.4. The molecule has 136 valence electrons. The topological polar surface area (TPSA) is 38.2 Å². The number of rotatable bonds is 7. The van der Waals surface area contributed by atoms with E-state index in [-0.39, 0.29) is 12.6 Å². The van der Waals surface area contributed by atoms with Crippen LogP contribution in [0.2, 0.25) is 5.02 Å². The largest absolute Gasteiger partial charge is 0.477 e. The maximum Gasteiger partial charge on any atom is 0.423 e. The molecule has 0 saturated carbocycles. The highest BCUT2D eigenvalue weighted by Gasteiger charge is 2.36. The van der Waals surface area contributed by atoms with Gasteiger partial charge in [0.05, 0.1) is 6.61 Å². The minimum absolute atomic E-state index is 0.112. The predicted molar refractivity (Wildman–Crippen MR) is 91.6 cm³/mol. The molecule has 25 heavy (non-hydrogen) atoms. The van der Waals surface area contributed by atoms with E-state index in [0.29, 0.717) is 17.1 Å². The summed E-state index contributed by atoms with van der Waals surface area (Å²) in [6.07, 6.45) is -1.32. The third-order valence-corrected chi connectivity index (χ3v) is 3.80. The van der Waals surface area contributed by atoms with Crippen LogP contribution in [0.1, 0.15) is 31.7 Å². The Balaban J connectivity index is 2.28. The lowest BCUT2D eigenvalue weighted by Gasteiger charge is -2.19. The summed E-state index contributed by atoms with van der Waals surface area (Å²) in [7, 11) is 1.66. The molecule has 4 nitrogen and oxygen atoms in total. The summed E-state index contributed by atoms with van der Waals surface area (Å²) >= 11 is 5.85. The second-order valence-corrected chi connectivity index (χ2v) is 5.91. The minimum atomic E-state index is -4.57. The van der Waals surface area contributed by atoms with E-state index in [1.807, 2.05) is 6.92 Å². The van der Waals surface area contributed by atoms with Gasteiger partial charge in [-0.25, -0.2) is 4.98 Å². The molecule has 0 fully saturated rings. The Morgan fingerprint density at radius 1 is 1.16 bits per heavy atom. The van der Waals surface area contributed by atoms with Crippen LogP contribution in [-0.4, -0.2) is 23.6 Å². The highest BCUT2D eigenvalue weighted by Crippen LogP contribution is 2.36. The molecule has 2 rings (SSSR count). The molecule has 1 aromatic heterocycles. The van der Waals surface area contributed by atoms with Gasteiger partial charge in [-0.2, -0.15) is 18.2 Å². The van der Waals surface area contributed by atoms with Crippen LogP contribution in [0.3, 0.4) is 0 Å². The van der Waals surface area contributed by atoms with E-state index < -0.39 is 17.6 Å². The first-order valence-electron chi connectivity index (χ1n) is 7.89. The summed E-state index contributed by atoms with van der Waals surface area (Å²) in [4.78, 5) is 9.37. The zero-order valence-corrected chi connectivity index (χ0v) is 14.7. The molecule has 0 aliphatic carbocycles. The van der Waals surface area contributed by atoms with Gasteiger partial charge in [-0.3, -0.25) is 0 Å². The molecular formula is C17H19ClF3N3O. The van der Waals surface area contributed by atoms with Crippen molar-refractivity contribution in [3.8, 4) is 5.88 Å². The van der Waals surface area contributed by atoms with E-state index in [1.165, 1.54) is 0 Å². The van der Waals surface area contributed by atoms with Gasteiger partial charge in [0, 0.05) is 24.0 Å². The van der Waals surface area contributed by atoms with E-state index in [2.05, 4.69) is 9.97 Å². The molecule has 0 radical (unpaired) electrons. The fraction of sp³-hybridized carbons (Fsp3) is 0.412. The van der Waals surface area contributed by atoms with Crippen LogP contribution in [-0.2, 0) is 6.18 Å². The van der Waals surface area contributed by atoms with E-state index in [4.69, 9.17) is 16.3 Å². The lowest BCUT2D eigenvalue weighted by Crippen LogP contribution is -2.17. The van der Waals surface area contributed by atoms with Gasteiger partial charge >= 0.3 is 6.18 Å². The Morgan fingerprint density at radius 2 is 1.84 bits per heavy atom. The monoisotopic (exact) mass is 373 g/mol. The Morgan fingerprint density at radius 3 is 2.44 bits per heavy atom. The van der Waals surface area contributed by atoms with Crippen LogP contribution in [0.25, 0.3) is 0 Å². The van der Waals surface area contributed by atoms with Crippen molar-refractivity contribution in [3.05, 3.63) is 41.0 Å². The van der Waals surface area contributed by atoms with Gasteiger partial charge < -0.3 is 9.64 Å². The van der Waals surface area contributed by atoms with E-state index in [9.17, 15) is 13.2 Å². The van der Waals surface area contributed by atoms with Crippen LogP contribution in [0, 0.1) is 0 Å². The number of alkyl halides is 3. The summed E-state index contributed by atoms with van der Waals surface area (Å²) in [5.74, 6) is -0.338. The van der Waals surface area contributed by atoms with Gasteiger partial charge in [-0.15, -0.1) is 0 Å². The molecule has 0 saturated heterocycles. The number of aromatic nitrogens is 2. The number of ether oxygens (including phenoxy) is 1. The number of anilines is 2. The second-order valence-electron chi connectivity index (χ2n) is 5.48. The highest BCUT2D eigenvalue weighted by molar-refractivity contribution is 6.30. The molecule has 0 N–H and O–H groups in total.